The van der Waals surface area contributed by atoms with Gasteiger partial charge in [-0.2, -0.15) is 0 Å². The molecule has 0 amide bonds. The number of rotatable bonds is 8. The molecule has 11 heteroatoms. The van der Waals surface area contributed by atoms with Gasteiger partial charge in [-0.05, 0) is 47.7 Å². The Balaban J connectivity index is 1.54. The quantitative estimate of drug-likeness (QED) is 0.610. The van der Waals surface area contributed by atoms with Gasteiger partial charge in [-0.15, -0.1) is 25.0 Å². The third-order valence-corrected chi connectivity index (χ3v) is 4.45. The molecule has 0 unspecified atom stereocenters. The standard InChI is InChI=1S/C11H14N8OS2/c1-2-20-7-3-6-12-10-14-15-11(22-10)21-9-5-4-8-13-17-18-19(8)16-9/h4-5H,2-3,6-7H2,1H3,(H,12,14). The fourth-order valence-electron chi connectivity index (χ4n) is 1.61. The number of anilines is 1. The second-order valence-corrected chi connectivity index (χ2v) is 6.40. The Labute approximate surface area is 134 Å². The molecule has 0 aromatic carbocycles. The van der Waals surface area contributed by atoms with Crippen LogP contribution in [-0.2, 0) is 4.74 Å². The SMILES string of the molecule is CCOCCCNc1nnc(Sc2ccc3nnnn3n2)s1. The summed E-state index contributed by atoms with van der Waals surface area (Å²) in [5.41, 5.74) is 0.610. The Morgan fingerprint density at radius 1 is 1.32 bits per heavy atom. The number of tetrazole rings is 1. The summed E-state index contributed by atoms with van der Waals surface area (Å²) in [6.45, 7) is 4.30. The molecular weight excluding hydrogens is 324 g/mol. The number of aromatic nitrogens is 7. The lowest BCUT2D eigenvalue weighted by Gasteiger charge is -2.01. The minimum Gasteiger partial charge on any atom is -0.382 e. The molecule has 0 spiro atoms. The van der Waals surface area contributed by atoms with Crippen LogP contribution in [0.5, 0.6) is 0 Å². The first-order valence-corrected chi connectivity index (χ1v) is 8.37. The van der Waals surface area contributed by atoms with Gasteiger partial charge in [-0.1, -0.05) is 11.3 Å². The molecule has 0 aliphatic heterocycles. The zero-order chi connectivity index (χ0) is 15.2. The van der Waals surface area contributed by atoms with Gasteiger partial charge in [0.25, 0.3) is 0 Å². The molecular formula is C11H14N8OS2. The monoisotopic (exact) mass is 338 g/mol. The van der Waals surface area contributed by atoms with Crippen LogP contribution in [0.1, 0.15) is 13.3 Å². The molecule has 0 atom stereocenters. The van der Waals surface area contributed by atoms with Crippen molar-refractivity contribution < 1.29 is 4.74 Å². The maximum atomic E-state index is 5.28. The molecule has 116 valence electrons. The summed E-state index contributed by atoms with van der Waals surface area (Å²) in [6.07, 6.45) is 0.938. The van der Waals surface area contributed by atoms with E-state index in [2.05, 4.69) is 36.1 Å². The smallest absolute Gasteiger partial charge is 0.206 e. The summed E-state index contributed by atoms with van der Waals surface area (Å²) in [7, 11) is 0. The summed E-state index contributed by atoms with van der Waals surface area (Å²) >= 11 is 2.91. The van der Waals surface area contributed by atoms with Crippen LogP contribution in [0.4, 0.5) is 5.13 Å². The average molecular weight is 338 g/mol. The van der Waals surface area contributed by atoms with E-state index in [4.69, 9.17) is 4.74 Å². The Hall–Kier alpha value is -1.85. The Kier molecular flexibility index (Phi) is 5.08. The molecule has 0 aliphatic carbocycles. The largest absolute Gasteiger partial charge is 0.382 e. The van der Waals surface area contributed by atoms with Crippen LogP contribution >= 0.6 is 23.1 Å². The van der Waals surface area contributed by atoms with E-state index in [0.717, 1.165) is 40.7 Å². The third-order valence-electron chi connectivity index (χ3n) is 2.59. The lowest BCUT2D eigenvalue weighted by Crippen LogP contribution is -2.05. The highest BCUT2D eigenvalue weighted by atomic mass is 32.2. The number of nitrogens with one attached hydrogen (secondary N) is 1. The first-order valence-electron chi connectivity index (χ1n) is 6.73. The van der Waals surface area contributed by atoms with Crippen molar-refractivity contribution in [3.8, 4) is 0 Å². The lowest BCUT2D eigenvalue weighted by atomic mass is 10.4. The van der Waals surface area contributed by atoms with Crippen molar-refractivity contribution >= 4 is 33.9 Å². The lowest BCUT2D eigenvalue weighted by molar-refractivity contribution is 0.147. The molecule has 1 N–H and O–H groups in total. The summed E-state index contributed by atoms with van der Waals surface area (Å²) < 4.78 is 7.48. The number of hydrogen-bond donors (Lipinski definition) is 1. The van der Waals surface area contributed by atoms with Crippen molar-refractivity contribution in [1.82, 2.24) is 35.5 Å². The van der Waals surface area contributed by atoms with Crippen molar-refractivity contribution in [2.24, 2.45) is 0 Å². The maximum absolute atomic E-state index is 5.28. The van der Waals surface area contributed by atoms with E-state index in [1.807, 2.05) is 19.1 Å². The third kappa shape index (κ3) is 3.87. The Morgan fingerprint density at radius 3 is 3.18 bits per heavy atom. The Bertz CT molecular complexity index is 730. The fourth-order valence-corrected chi connectivity index (χ4v) is 3.29. The van der Waals surface area contributed by atoms with Crippen LogP contribution in [-0.4, -0.2) is 55.2 Å². The van der Waals surface area contributed by atoms with Crippen molar-refractivity contribution in [2.75, 3.05) is 25.1 Å². The van der Waals surface area contributed by atoms with Crippen LogP contribution in [0.3, 0.4) is 0 Å². The maximum Gasteiger partial charge on any atom is 0.206 e. The summed E-state index contributed by atoms with van der Waals surface area (Å²) in [5.74, 6) is 0. The fraction of sp³-hybridized carbons (Fsp3) is 0.455. The van der Waals surface area contributed by atoms with E-state index >= 15 is 0 Å². The molecule has 0 aliphatic rings. The second kappa shape index (κ2) is 7.42. The molecule has 3 rings (SSSR count). The first-order chi connectivity index (χ1) is 10.8. The predicted molar refractivity (Wildman–Crippen MR) is 82.2 cm³/mol. The molecule has 3 heterocycles. The van der Waals surface area contributed by atoms with Gasteiger partial charge in [0.2, 0.25) is 5.13 Å². The highest BCUT2D eigenvalue weighted by Gasteiger charge is 2.08. The second-order valence-electron chi connectivity index (χ2n) is 4.15. The van der Waals surface area contributed by atoms with Gasteiger partial charge in [0, 0.05) is 19.8 Å². The van der Waals surface area contributed by atoms with E-state index in [-0.39, 0.29) is 0 Å². The average Bonchev–Trinajstić information content (AvgIpc) is 3.16. The molecule has 0 bridgehead atoms. The Morgan fingerprint density at radius 2 is 2.27 bits per heavy atom. The van der Waals surface area contributed by atoms with Crippen LogP contribution in [0, 0.1) is 0 Å². The van der Waals surface area contributed by atoms with Crippen LogP contribution < -0.4 is 5.32 Å². The van der Waals surface area contributed by atoms with Crippen molar-refractivity contribution in [3.05, 3.63) is 12.1 Å². The van der Waals surface area contributed by atoms with Crippen molar-refractivity contribution in [2.45, 2.75) is 22.7 Å². The molecule has 3 aromatic rings. The van der Waals surface area contributed by atoms with Crippen LogP contribution in [0.15, 0.2) is 21.5 Å². The topological polar surface area (TPSA) is 103 Å². The molecule has 0 saturated heterocycles. The number of nitrogens with zero attached hydrogens (tertiary/aromatic N) is 7. The van der Waals surface area contributed by atoms with E-state index in [1.54, 1.807) is 0 Å². The van der Waals surface area contributed by atoms with Gasteiger partial charge >= 0.3 is 0 Å². The minimum atomic E-state index is 0.610. The van der Waals surface area contributed by atoms with E-state index in [1.165, 1.54) is 27.7 Å². The highest BCUT2D eigenvalue weighted by molar-refractivity contribution is 8.01. The van der Waals surface area contributed by atoms with E-state index < -0.39 is 0 Å². The summed E-state index contributed by atoms with van der Waals surface area (Å²) in [4.78, 5) is 0. The number of fused-ring (bicyclic) bond motifs is 1. The van der Waals surface area contributed by atoms with Crippen LogP contribution in [0.2, 0.25) is 0 Å². The van der Waals surface area contributed by atoms with Crippen molar-refractivity contribution in [1.29, 1.82) is 0 Å². The zero-order valence-electron chi connectivity index (χ0n) is 11.8. The van der Waals surface area contributed by atoms with Gasteiger partial charge in [-0.25, -0.2) is 0 Å². The van der Waals surface area contributed by atoms with Crippen LogP contribution in [0.25, 0.3) is 5.65 Å². The van der Waals surface area contributed by atoms with Crippen molar-refractivity contribution in [3.63, 3.8) is 0 Å². The number of hydrogen-bond acceptors (Lipinski definition) is 10. The van der Waals surface area contributed by atoms with Gasteiger partial charge in [0.1, 0.15) is 5.03 Å². The number of ether oxygens (including phenoxy) is 1. The van der Waals surface area contributed by atoms with E-state index in [0.29, 0.717) is 5.65 Å². The molecule has 0 fully saturated rings. The molecule has 22 heavy (non-hydrogen) atoms. The minimum absolute atomic E-state index is 0.610. The summed E-state index contributed by atoms with van der Waals surface area (Å²) in [6, 6.07) is 3.66. The van der Waals surface area contributed by atoms with Gasteiger partial charge < -0.3 is 10.1 Å². The zero-order valence-corrected chi connectivity index (χ0v) is 13.5. The molecule has 0 radical (unpaired) electrons. The van der Waals surface area contributed by atoms with Gasteiger partial charge in [-0.3, -0.25) is 0 Å². The first kappa shape index (κ1) is 15.1. The molecule has 3 aromatic heterocycles. The highest BCUT2D eigenvalue weighted by Crippen LogP contribution is 2.30. The van der Waals surface area contributed by atoms with Gasteiger partial charge in [0.05, 0.1) is 0 Å². The normalized spacial score (nSPS) is 11.1. The predicted octanol–water partition coefficient (Wildman–Crippen LogP) is 1.36. The summed E-state index contributed by atoms with van der Waals surface area (Å²) in [5, 5.41) is 28.4. The molecule has 9 nitrogen and oxygen atoms in total. The van der Waals surface area contributed by atoms with E-state index in [9.17, 15) is 0 Å². The molecule has 0 saturated carbocycles. The van der Waals surface area contributed by atoms with Gasteiger partial charge in [0.15, 0.2) is 9.99 Å².